The van der Waals surface area contributed by atoms with Crippen LogP contribution in [0.5, 0.6) is 5.75 Å². The Kier molecular flexibility index (Phi) is 11.8. The number of aliphatic carboxylic acids is 1. The number of carboxylic acid groups (broad SMARTS) is 1. The van der Waals surface area contributed by atoms with E-state index in [-0.39, 0.29) is 17.6 Å². The summed E-state index contributed by atoms with van der Waals surface area (Å²) in [6.07, 6.45) is 1.42. The standard InChI is InChI=1S/C55H38N2O4S7/c1-55(2)38-27-36(26-32(29-56)54(59)60)62-51(38)52-39(55)28-48(67-52)46-23-22-43(65-46)42-19-18-40(63-42)41-20-21-44(64-41)45-24-25-47(66-45)53-49(61-3)37(30-58)50(68-53)31-14-16-35(17-15-31)57(33-10-6-4-7-11-33)34-12-8-5-9-13-34/h4-28,58H,30H2,1-3H3,(H,59,60)/p-1/b32-26+. The summed E-state index contributed by atoms with van der Waals surface area (Å²) in [5.74, 6) is -0.744. The van der Waals surface area contributed by atoms with Crippen molar-refractivity contribution in [2.45, 2.75) is 25.9 Å². The van der Waals surface area contributed by atoms with Crippen molar-refractivity contribution in [1.82, 2.24) is 0 Å². The van der Waals surface area contributed by atoms with Gasteiger partial charge in [0.05, 0.1) is 30.1 Å². The lowest BCUT2D eigenvalue weighted by atomic mass is 9.84. The molecule has 0 unspecified atom stereocenters. The number of fused-ring (bicyclic) bond motifs is 3. The lowest BCUT2D eigenvalue weighted by Crippen LogP contribution is -2.23. The van der Waals surface area contributed by atoms with Crippen molar-refractivity contribution in [3.05, 3.63) is 173 Å². The Morgan fingerprint density at radius 3 is 1.57 bits per heavy atom. The number of carbonyl (C=O) groups is 1. The topological polar surface area (TPSA) is 96.6 Å². The zero-order valence-corrected chi connectivity index (χ0v) is 42.3. The van der Waals surface area contributed by atoms with Gasteiger partial charge in [0.25, 0.3) is 0 Å². The number of nitriles is 1. The van der Waals surface area contributed by atoms with Crippen molar-refractivity contribution < 1.29 is 19.7 Å². The Hall–Kier alpha value is -6.18. The van der Waals surface area contributed by atoms with Crippen LogP contribution in [0, 0.1) is 11.3 Å². The Morgan fingerprint density at radius 1 is 0.603 bits per heavy atom. The Bertz CT molecular complexity index is 3530. The third-order valence-electron chi connectivity index (χ3n) is 12.0. The molecule has 0 aliphatic heterocycles. The highest BCUT2D eigenvalue weighted by Gasteiger charge is 2.39. The quantitative estimate of drug-likeness (QED) is 0.0913. The fourth-order valence-corrected chi connectivity index (χ4v) is 17.2. The van der Waals surface area contributed by atoms with Gasteiger partial charge in [0.15, 0.2) is 0 Å². The molecule has 0 atom stereocenters. The van der Waals surface area contributed by atoms with Gasteiger partial charge in [-0.25, -0.2) is 0 Å². The predicted molar refractivity (Wildman–Crippen MR) is 288 cm³/mol. The van der Waals surface area contributed by atoms with Crippen molar-refractivity contribution in [3.8, 4) is 80.8 Å². The van der Waals surface area contributed by atoms with E-state index in [1.165, 1.54) is 66.9 Å². The number of ether oxygens (including phenoxy) is 1. The highest BCUT2D eigenvalue weighted by Crippen LogP contribution is 2.58. The average Bonchev–Trinajstić information content (AvgIpc) is 4.21. The zero-order chi connectivity index (χ0) is 46.7. The molecule has 0 amide bonds. The summed E-state index contributed by atoms with van der Waals surface area (Å²) in [5.41, 5.74) is 6.85. The van der Waals surface area contributed by atoms with Gasteiger partial charge in [0.1, 0.15) is 11.8 Å². The molecular weight excluding hydrogens is 977 g/mol. The van der Waals surface area contributed by atoms with E-state index in [9.17, 15) is 20.3 Å². The van der Waals surface area contributed by atoms with Gasteiger partial charge < -0.3 is 24.6 Å². The van der Waals surface area contributed by atoms with Crippen LogP contribution in [0.2, 0.25) is 0 Å². The molecule has 0 radical (unpaired) electrons. The molecule has 0 bridgehead atoms. The average molecular weight is 1010 g/mol. The normalized spacial score (nSPS) is 12.8. The number of aliphatic hydroxyl groups is 1. The Morgan fingerprint density at radius 2 is 1.07 bits per heavy atom. The molecule has 334 valence electrons. The number of benzene rings is 3. The first kappa shape index (κ1) is 44.3. The van der Waals surface area contributed by atoms with Crippen LogP contribution in [-0.4, -0.2) is 18.2 Å². The number of methoxy groups -OCH3 is 1. The molecular formula is C55H37N2O4S7-. The molecule has 11 rings (SSSR count). The van der Waals surface area contributed by atoms with E-state index in [4.69, 9.17) is 4.74 Å². The SMILES string of the molecule is COc1c(-c2ccc(-c3ccc(-c4ccc(-c5ccc(-c6cc7c(s6)-c6sc(/C=C(\C#N)C(=O)[O-])cc6C7(C)C)s5)s4)s3)s2)sc(-c2ccc(N(c3ccccc3)c3ccccc3)cc2)c1CO. The number of hydrogen-bond donors (Lipinski definition) is 1. The maximum Gasteiger partial charge on any atom is 0.144 e. The van der Waals surface area contributed by atoms with E-state index in [1.807, 2.05) is 29.5 Å². The summed E-state index contributed by atoms with van der Waals surface area (Å²) in [6, 6.07) is 53.0. The first-order chi connectivity index (χ1) is 33.1. The van der Waals surface area contributed by atoms with Crippen LogP contribution in [0.1, 0.15) is 35.4 Å². The molecule has 68 heavy (non-hydrogen) atoms. The van der Waals surface area contributed by atoms with Crippen molar-refractivity contribution >= 4 is 108 Å². The summed E-state index contributed by atoms with van der Waals surface area (Å²) in [7, 11) is 1.68. The number of carbonyl (C=O) groups excluding carboxylic acids is 1. The minimum atomic E-state index is -1.46. The first-order valence-electron chi connectivity index (χ1n) is 21.5. The summed E-state index contributed by atoms with van der Waals surface area (Å²) in [4.78, 5) is 29.6. The van der Waals surface area contributed by atoms with E-state index in [0.29, 0.717) is 5.75 Å². The zero-order valence-electron chi connectivity index (χ0n) is 36.6. The number of hydrogen-bond acceptors (Lipinski definition) is 13. The van der Waals surface area contributed by atoms with Crippen LogP contribution in [0.15, 0.2) is 151 Å². The van der Waals surface area contributed by atoms with Crippen molar-refractivity contribution in [3.63, 3.8) is 0 Å². The van der Waals surface area contributed by atoms with Crippen LogP contribution in [0.4, 0.5) is 17.1 Å². The van der Waals surface area contributed by atoms with Crippen LogP contribution in [0.3, 0.4) is 0 Å². The second-order valence-corrected chi connectivity index (χ2v) is 24.0. The van der Waals surface area contributed by atoms with Crippen LogP contribution in [-0.2, 0) is 16.8 Å². The van der Waals surface area contributed by atoms with Gasteiger partial charge in [-0.2, -0.15) is 5.26 Å². The number of para-hydroxylation sites is 2. The van der Waals surface area contributed by atoms with Crippen LogP contribution >= 0.6 is 79.4 Å². The van der Waals surface area contributed by atoms with Gasteiger partial charge in [0, 0.05) is 91.4 Å². The molecule has 0 fully saturated rings. The third-order valence-corrected chi connectivity index (χ3v) is 21.0. The molecule has 0 saturated carbocycles. The van der Waals surface area contributed by atoms with Crippen LogP contribution in [0.25, 0.3) is 75.0 Å². The lowest BCUT2D eigenvalue weighted by molar-refractivity contribution is -0.298. The second-order valence-electron chi connectivity index (χ2n) is 16.5. The maximum absolute atomic E-state index is 11.4. The van der Waals surface area contributed by atoms with Crippen molar-refractivity contribution in [2.75, 3.05) is 12.0 Å². The predicted octanol–water partition coefficient (Wildman–Crippen LogP) is 16.1. The van der Waals surface area contributed by atoms with Gasteiger partial charge in [-0.1, -0.05) is 62.4 Å². The fourth-order valence-electron chi connectivity index (χ4n) is 8.65. The summed E-state index contributed by atoms with van der Waals surface area (Å²) in [5, 5.41) is 31.4. The van der Waals surface area contributed by atoms with Gasteiger partial charge in [-0.3, -0.25) is 0 Å². The molecule has 1 aliphatic rings. The van der Waals surface area contributed by atoms with E-state index in [0.717, 1.165) is 58.1 Å². The Labute approximate surface area is 421 Å². The molecule has 7 aromatic heterocycles. The highest BCUT2D eigenvalue weighted by atomic mass is 32.1. The number of aliphatic hydroxyl groups excluding tert-OH is 1. The number of rotatable bonds is 13. The molecule has 0 spiro atoms. The molecule has 0 saturated heterocycles. The van der Waals surface area contributed by atoms with Crippen LogP contribution < -0.4 is 14.7 Å². The minimum Gasteiger partial charge on any atom is -0.544 e. The molecule has 1 N–H and O–H groups in total. The van der Waals surface area contributed by atoms with Gasteiger partial charge in [-0.05, 0) is 120 Å². The summed E-state index contributed by atoms with van der Waals surface area (Å²) >= 11 is 12.1. The van der Waals surface area contributed by atoms with Gasteiger partial charge >= 0.3 is 0 Å². The number of carboxylic acids is 1. The van der Waals surface area contributed by atoms with Crippen molar-refractivity contribution in [1.29, 1.82) is 5.26 Å². The fraction of sp³-hybridized carbons (Fsp3) is 0.0909. The van der Waals surface area contributed by atoms with Gasteiger partial charge in [0.2, 0.25) is 0 Å². The maximum atomic E-state index is 11.4. The smallest absolute Gasteiger partial charge is 0.144 e. The number of thiophene rings is 7. The van der Waals surface area contributed by atoms with E-state index < -0.39 is 5.97 Å². The highest BCUT2D eigenvalue weighted by molar-refractivity contribution is 7.31. The molecule has 6 nitrogen and oxygen atoms in total. The number of nitrogens with zero attached hydrogens (tertiary/aromatic N) is 2. The second kappa shape index (κ2) is 18.0. The number of anilines is 3. The third kappa shape index (κ3) is 7.90. The molecule has 7 heterocycles. The molecule has 1 aliphatic carbocycles. The van der Waals surface area contributed by atoms with E-state index in [1.54, 1.807) is 69.9 Å². The first-order valence-corrected chi connectivity index (χ1v) is 27.2. The van der Waals surface area contributed by atoms with Gasteiger partial charge in [-0.15, -0.1) is 79.4 Å². The lowest BCUT2D eigenvalue weighted by Gasteiger charge is -2.25. The molecule has 3 aromatic carbocycles. The molecule has 10 aromatic rings. The minimum absolute atomic E-state index is 0.133. The largest absolute Gasteiger partial charge is 0.544 e. The monoisotopic (exact) mass is 1010 g/mol. The summed E-state index contributed by atoms with van der Waals surface area (Å²) < 4.78 is 6.03. The van der Waals surface area contributed by atoms with E-state index >= 15 is 0 Å². The summed E-state index contributed by atoms with van der Waals surface area (Å²) in [6.45, 7) is 4.28. The Balaban J connectivity index is 0.817. The molecule has 13 heteroatoms. The van der Waals surface area contributed by atoms with Crippen molar-refractivity contribution in [2.24, 2.45) is 0 Å². The van der Waals surface area contributed by atoms with E-state index in [2.05, 4.69) is 146 Å².